The summed E-state index contributed by atoms with van der Waals surface area (Å²) in [5.41, 5.74) is 1.39. The van der Waals surface area contributed by atoms with E-state index >= 15 is 0 Å². The lowest BCUT2D eigenvalue weighted by molar-refractivity contribution is -0.456. The van der Waals surface area contributed by atoms with Gasteiger partial charge in [-0.3, -0.25) is 0 Å². The number of nitrogens with zero attached hydrogens (tertiary/aromatic N) is 3. The molecule has 0 unspecified atom stereocenters. The molecule has 0 N–H and O–H groups in total. The number of ether oxygens (including phenoxy) is 1. The number of halogens is 9. The van der Waals surface area contributed by atoms with Gasteiger partial charge < -0.3 is 4.74 Å². The largest absolute Gasteiger partial charge is 0.435 e. The van der Waals surface area contributed by atoms with Crippen molar-refractivity contribution in [1.29, 1.82) is 0 Å². The van der Waals surface area contributed by atoms with Gasteiger partial charge >= 0.3 is 24.1 Å². The van der Waals surface area contributed by atoms with E-state index in [0.29, 0.717) is 0 Å². The van der Waals surface area contributed by atoms with E-state index in [2.05, 4.69) is 9.85 Å². The highest BCUT2D eigenvalue weighted by molar-refractivity contribution is 5.02. The zero-order chi connectivity index (χ0) is 15.5. The van der Waals surface area contributed by atoms with Crippen molar-refractivity contribution in [2.24, 2.45) is 5.11 Å². The van der Waals surface area contributed by atoms with Gasteiger partial charge in [-0.25, -0.2) is 0 Å². The Morgan fingerprint density at radius 3 is 1.47 bits per heavy atom. The Labute approximate surface area is 98.3 Å². The van der Waals surface area contributed by atoms with E-state index in [1.54, 1.807) is 0 Å². The first-order chi connectivity index (χ1) is 8.31. The summed E-state index contributed by atoms with van der Waals surface area (Å²) in [6.45, 7) is -2.83. The Morgan fingerprint density at radius 2 is 1.21 bits per heavy atom. The van der Waals surface area contributed by atoms with Crippen molar-refractivity contribution in [1.82, 2.24) is 0 Å². The van der Waals surface area contributed by atoms with Crippen molar-refractivity contribution in [3.05, 3.63) is 10.4 Å². The van der Waals surface area contributed by atoms with Gasteiger partial charge in [-0.2, -0.15) is 39.5 Å². The Bertz CT molecular complexity index is 314. The van der Waals surface area contributed by atoms with Gasteiger partial charge in [0, 0.05) is 11.5 Å². The number of hydrogen-bond acceptors (Lipinski definition) is 2. The van der Waals surface area contributed by atoms with Gasteiger partial charge in [0.25, 0.3) is 0 Å². The topological polar surface area (TPSA) is 58.0 Å². The first-order valence-corrected chi connectivity index (χ1v) is 4.16. The molecule has 0 aromatic rings. The average molecular weight is 305 g/mol. The number of alkyl halides is 9. The summed E-state index contributed by atoms with van der Waals surface area (Å²) in [6, 6.07) is 0. The fourth-order valence-electron chi connectivity index (χ4n) is 1.01. The first kappa shape index (κ1) is 17.6. The molecular weight excluding hydrogens is 301 g/mol. The molecule has 0 spiro atoms. The zero-order valence-electron chi connectivity index (χ0n) is 8.57. The lowest BCUT2D eigenvalue weighted by atomic mass is 10.0. The normalized spacial score (nSPS) is 14.2. The van der Waals surface area contributed by atoms with Crippen molar-refractivity contribution >= 4 is 0 Å². The van der Waals surface area contributed by atoms with E-state index in [1.807, 2.05) is 4.91 Å². The smallest absolute Gasteiger partial charge is 0.351 e. The summed E-state index contributed by atoms with van der Waals surface area (Å²) in [6.07, 6.45) is -20.3. The van der Waals surface area contributed by atoms with Crippen molar-refractivity contribution < 1.29 is 44.3 Å². The van der Waals surface area contributed by atoms with E-state index in [1.165, 1.54) is 0 Å². The Hall–Kier alpha value is -1.36. The van der Waals surface area contributed by atoms with Crippen LogP contribution in [0.1, 0.15) is 0 Å². The highest BCUT2D eigenvalue weighted by Gasteiger charge is 2.85. The molecule has 0 aliphatic heterocycles. The summed E-state index contributed by atoms with van der Waals surface area (Å²) >= 11 is 0. The molecule has 0 saturated heterocycles. The van der Waals surface area contributed by atoms with Gasteiger partial charge in [0.1, 0.15) is 0 Å². The van der Waals surface area contributed by atoms with Crippen LogP contribution in [0.25, 0.3) is 10.4 Å². The van der Waals surface area contributed by atoms with E-state index < -0.39 is 37.3 Å². The minimum absolute atomic E-state index is 1.12. The highest BCUT2D eigenvalue weighted by atomic mass is 19.4. The van der Waals surface area contributed by atoms with Gasteiger partial charge in [0.15, 0.2) is 0 Å². The molecule has 4 nitrogen and oxygen atoms in total. The fraction of sp³-hybridized carbons (Fsp3) is 1.00. The zero-order valence-corrected chi connectivity index (χ0v) is 8.57. The van der Waals surface area contributed by atoms with E-state index in [9.17, 15) is 39.5 Å². The van der Waals surface area contributed by atoms with Crippen molar-refractivity contribution in [3.8, 4) is 0 Å². The van der Waals surface area contributed by atoms with E-state index in [4.69, 9.17) is 5.53 Å². The minimum atomic E-state index is -6.78. The summed E-state index contributed by atoms with van der Waals surface area (Å²) < 4.78 is 113. The van der Waals surface area contributed by atoms with Gasteiger partial charge in [0.2, 0.25) is 0 Å². The molecule has 0 amide bonds. The molecule has 0 fully saturated rings. The number of rotatable bonds is 4. The minimum Gasteiger partial charge on any atom is -0.351 e. The van der Waals surface area contributed by atoms with Crippen LogP contribution in [0.4, 0.5) is 39.5 Å². The molecule has 0 aromatic heterocycles. The van der Waals surface area contributed by atoms with Crippen LogP contribution in [0.2, 0.25) is 0 Å². The predicted molar refractivity (Wildman–Crippen MR) is 40.9 cm³/mol. The second kappa shape index (κ2) is 5.33. The van der Waals surface area contributed by atoms with Crippen LogP contribution in [0.15, 0.2) is 5.11 Å². The van der Waals surface area contributed by atoms with Crippen LogP contribution < -0.4 is 0 Å². The van der Waals surface area contributed by atoms with Crippen molar-refractivity contribution in [3.63, 3.8) is 0 Å². The quantitative estimate of drug-likeness (QED) is 0.257. The second-order valence-electron chi connectivity index (χ2n) is 2.98. The van der Waals surface area contributed by atoms with Crippen LogP contribution in [-0.2, 0) is 4.74 Å². The van der Waals surface area contributed by atoms with Crippen LogP contribution in [0.5, 0.6) is 0 Å². The van der Waals surface area contributed by atoms with Crippen LogP contribution in [-0.4, -0.2) is 37.3 Å². The number of azide groups is 1. The maximum absolute atomic E-state index is 12.2. The SMILES string of the molecule is [N-]=[N+]=NCCOC(C(F)(F)F)(C(F)(F)F)C(F)(F)F. The molecule has 0 rings (SSSR count). The molecule has 0 aromatic carbocycles. The van der Waals surface area contributed by atoms with E-state index in [-0.39, 0.29) is 0 Å². The highest BCUT2D eigenvalue weighted by Crippen LogP contribution is 2.54. The van der Waals surface area contributed by atoms with Crippen LogP contribution in [0.3, 0.4) is 0 Å². The first-order valence-electron chi connectivity index (χ1n) is 4.16. The van der Waals surface area contributed by atoms with Crippen LogP contribution in [0, 0.1) is 0 Å². The lowest BCUT2D eigenvalue weighted by Crippen LogP contribution is -2.67. The maximum Gasteiger partial charge on any atom is 0.435 e. The molecule has 19 heavy (non-hydrogen) atoms. The Morgan fingerprint density at radius 1 is 0.842 bits per heavy atom. The Kier molecular flexibility index (Phi) is 4.95. The molecule has 0 aliphatic rings. The number of hydrogen-bond donors (Lipinski definition) is 0. The molecule has 0 radical (unpaired) electrons. The average Bonchev–Trinajstić information content (AvgIpc) is 2.10. The summed E-state index contributed by atoms with van der Waals surface area (Å²) in [5.74, 6) is 0. The second-order valence-corrected chi connectivity index (χ2v) is 2.98. The lowest BCUT2D eigenvalue weighted by Gasteiger charge is -2.37. The van der Waals surface area contributed by atoms with Gasteiger partial charge in [-0.15, -0.1) is 0 Å². The third-order valence-corrected chi connectivity index (χ3v) is 1.77. The molecular formula is C6H4F9N3O. The van der Waals surface area contributed by atoms with Crippen LogP contribution >= 0.6 is 0 Å². The third-order valence-electron chi connectivity index (χ3n) is 1.77. The summed E-state index contributed by atoms with van der Waals surface area (Å²) in [4.78, 5) is 1.94. The van der Waals surface area contributed by atoms with Gasteiger partial charge in [-0.1, -0.05) is 5.11 Å². The van der Waals surface area contributed by atoms with Gasteiger partial charge in [0.05, 0.1) is 6.61 Å². The third kappa shape index (κ3) is 3.35. The molecule has 13 heteroatoms. The van der Waals surface area contributed by atoms with Crippen molar-refractivity contribution in [2.45, 2.75) is 24.1 Å². The molecule has 0 aliphatic carbocycles. The molecule has 0 atom stereocenters. The molecule has 112 valence electrons. The fourth-order valence-corrected chi connectivity index (χ4v) is 1.01. The summed E-state index contributed by atoms with van der Waals surface area (Å²) in [7, 11) is 0. The molecule has 0 bridgehead atoms. The maximum atomic E-state index is 12.2. The summed E-state index contributed by atoms with van der Waals surface area (Å²) in [5, 5.41) is 2.47. The standard InChI is InChI=1S/C6H4F9N3O/c7-4(8,9)3(5(10,11)12,6(13,14)15)19-2-1-17-18-16/h1-2H2. The monoisotopic (exact) mass is 305 g/mol. The van der Waals surface area contributed by atoms with Gasteiger partial charge in [-0.05, 0) is 5.53 Å². The molecule has 0 saturated carbocycles. The molecule has 0 heterocycles. The Balaban J connectivity index is 5.61. The predicted octanol–water partition coefficient (Wildman–Crippen LogP) is 3.74. The van der Waals surface area contributed by atoms with Crippen molar-refractivity contribution in [2.75, 3.05) is 13.2 Å². The van der Waals surface area contributed by atoms with E-state index in [0.717, 1.165) is 0 Å².